The molecule has 0 saturated carbocycles. The lowest BCUT2D eigenvalue weighted by Gasteiger charge is -2.28. The first-order valence-electron chi connectivity index (χ1n) is 6.69. The molecule has 1 N–H and O–H groups in total. The van der Waals surface area contributed by atoms with Crippen LogP contribution in [-0.2, 0) is 9.59 Å². The van der Waals surface area contributed by atoms with Crippen LogP contribution in [0.3, 0.4) is 0 Å². The van der Waals surface area contributed by atoms with Gasteiger partial charge in [-0.15, -0.1) is 0 Å². The number of hydrogen-bond acceptors (Lipinski definition) is 4. The summed E-state index contributed by atoms with van der Waals surface area (Å²) in [4.78, 5) is 26.1. The van der Waals surface area contributed by atoms with Crippen molar-refractivity contribution in [3.05, 3.63) is 58.0 Å². The molecule has 0 unspecified atom stereocenters. The van der Waals surface area contributed by atoms with Gasteiger partial charge < -0.3 is 4.42 Å². The Morgan fingerprint density at radius 1 is 1.17 bits per heavy atom. The zero-order chi connectivity index (χ0) is 16.6. The van der Waals surface area contributed by atoms with Gasteiger partial charge in [0.25, 0.3) is 11.8 Å². The number of carbonyl (C=O) groups is 2. The molecule has 3 rings (SSSR count). The quantitative estimate of drug-likeness (QED) is 0.485. The van der Waals surface area contributed by atoms with E-state index in [-0.39, 0.29) is 10.7 Å². The van der Waals surface area contributed by atoms with Gasteiger partial charge in [-0.3, -0.25) is 19.8 Å². The molecule has 1 aliphatic heterocycles. The summed E-state index contributed by atoms with van der Waals surface area (Å²) in [6.45, 7) is 1.79. The van der Waals surface area contributed by atoms with Gasteiger partial charge in [-0.2, -0.15) is 0 Å². The zero-order valence-corrected chi connectivity index (χ0v) is 14.4. The van der Waals surface area contributed by atoms with E-state index in [0.717, 1.165) is 4.47 Å². The minimum atomic E-state index is -0.539. The highest BCUT2D eigenvalue weighted by Crippen LogP contribution is 2.24. The molecule has 2 aromatic rings. The SMILES string of the molecule is Cc1ccc(/C=C2\C(=O)NC(=S)N(c3ccc(Br)cc3)C2=O)o1. The normalized spacial score (nSPS) is 16.9. The van der Waals surface area contributed by atoms with Crippen LogP contribution in [0.2, 0.25) is 0 Å². The molecule has 116 valence electrons. The summed E-state index contributed by atoms with van der Waals surface area (Å²) in [5, 5.41) is 2.58. The van der Waals surface area contributed by atoms with Crippen LogP contribution in [0.4, 0.5) is 5.69 Å². The third kappa shape index (κ3) is 3.11. The van der Waals surface area contributed by atoms with Crippen molar-refractivity contribution in [2.45, 2.75) is 6.92 Å². The van der Waals surface area contributed by atoms with Crippen LogP contribution in [-0.4, -0.2) is 16.9 Å². The minimum Gasteiger partial charge on any atom is -0.462 e. The monoisotopic (exact) mass is 390 g/mol. The number of anilines is 1. The summed E-state index contributed by atoms with van der Waals surface area (Å²) >= 11 is 8.47. The number of nitrogens with zero attached hydrogens (tertiary/aromatic N) is 1. The van der Waals surface area contributed by atoms with Crippen molar-refractivity contribution in [3.63, 3.8) is 0 Å². The van der Waals surface area contributed by atoms with Crippen LogP contribution in [0.5, 0.6) is 0 Å². The molecule has 7 heteroatoms. The van der Waals surface area contributed by atoms with Gasteiger partial charge >= 0.3 is 0 Å². The molecular weight excluding hydrogens is 380 g/mol. The topological polar surface area (TPSA) is 62.6 Å². The van der Waals surface area contributed by atoms with Crippen molar-refractivity contribution in [1.82, 2.24) is 5.32 Å². The van der Waals surface area contributed by atoms with Gasteiger partial charge in [0, 0.05) is 4.47 Å². The van der Waals surface area contributed by atoms with Crippen molar-refractivity contribution in [1.29, 1.82) is 0 Å². The number of rotatable bonds is 2. The fourth-order valence-electron chi connectivity index (χ4n) is 2.16. The maximum atomic E-state index is 12.7. The van der Waals surface area contributed by atoms with E-state index in [4.69, 9.17) is 16.6 Å². The minimum absolute atomic E-state index is 0.0316. The number of amides is 2. The molecule has 0 atom stereocenters. The first-order valence-corrected chi connectivity index (χ1v) is 7.89. The van der Waals surface area contributed by atoms with E-state index in [1.807, 2.05) is 0 Å². The van der Waals surface area contributed by atoms with Crippen LogP contribution in [0.1, 0.15) is 11.5 Å². The lowest BCUT2D eigenvalue weighted by atomic mass is 10.1. The van der Waals surface area contributed by atoms with Crippen LogP contribution in [0.25, 0.3) is 6.08 Å². The number of nitrogens with one attached hydrogen (secondary N) is 1. The van der Waals surface area contributed by atoms with Crippen molar-refractivity contribution in [2.24, 2.45) is 0 Å². The van der Waals surface area contributed by atoms with Gasteiger partial charge in [0.1, 0.15) is 17.1 Å². The molecule has 1 saturated heterocycles. The molecule has 0 aliphatic carbocycles. The number of benzene rings is 1. The van der Waals surface area contributed by atoms with Crippen LogP contribution >= 0.6 is 28.1 Å². The van der Waals surface area contributed by atoms with Gasteiger partial charge in [-0.05, 0) is 61.6 Å². The Labute approximate surface area is 146 Å². The third-order valence-electron chi connectivity index (χ3n) is 3.23. The van der Waals surface area contributed by atoms with E-state index < -0.39 is 11.8 Å². The molecule has 1 fully saturated rings. The summed E-state index contributed by atoms with van der Waals surface area (Å²) in [6.07, 6.45) is 1.41. The smallest absolute Gasteiger partial charge is 0.270 e. The van der Waals surface area contributed by atoms with Crippen LogP contribution in [0, 0.1) is 6.92 Å². The molecule has 23 heavy (non-hydrogen) atoms. The number of furan rings is 1. The summed E-state index contributed by atoms with van der Waals surface area (Å²) in [5.41, 5.74) is 0.542. The molecule has 1 aromatic heterocycles. The molecule has 0 spiro atoms. The molecule has 0 radical (unpaired) electrons. The first kappa shape index (κ1) is 15.6. The molecule has 1 aliphatic rings. The van der Waals surface area contributed by atoms with E-state index in [1.165, 1.54) is 11.0 Å². The second-order valence-electron chi connectivity index (χ2n) is 4.88. The highest BCUT2D eigenvalue weighted by Gasteiger charge is 2.34. The average Bonchev–Trinajstić information content (AvgIpc) is 2.91. The molecule has 2 amide bonds. The Kier molecular flexibility index (Phi) is 4.14. The van der Waals surface area contributed by atoms with Crippen molar-refractivity contribution < 1.29 is 14.0 Å². The number of carbonyl (C=O) groups excluding carboxylic acids is 2. The third-order valence-corrected chi connectivity index (χ3v) is 4.05. The van der Waals surface area contributed by atoms with E-state index >= 15 is 0 Å². The predicted molar refractivity (Wildman–Crippen MR) is 93.8 cm³/mol. The van der Waals surface area contributed by atoms with E-state index in [2.05, 4.69) is 21.2 Å². The fraction of sp³-hybridized carbons (Fsp3) is 0.0625. The standard InChI is InChI=1S/C16H11BrN2O3S/c1-9-2-7-12(22-9)8-13-14(20)18-16(23)19(15(13)21)11-5-3-10(17)4-6-11/h2-8H,1H3,(H,18,20,23)/b13-8+. The maximum Gasteiger partial charge on any atom is 0.270 e. The Bertz CT molecular complexity index is 839. The van der Waals surface area contributed by atoms with E-state index in [1.54, 1.807) is 43.3 Å². The highest BCUT2D eigenvalue weighted by atomic mass is 79.9. The lowest BCUT2D eigenvalue weighted by Crippen LogP contribution is -2.54. The molecular formula is C16H11BrN2O3S. The summed E-state index contributed by atoms with van der Waals surface area (Å²) in [5.74, 6) is 0.0999. The molecule has 2 heterocycles. The number of hydrogen-bond donors (Lipinski definition) is 1. The molecule has 5 nitrogen and oxygen atoms in total. The lowest BCUT2D eigenvalue weighted by molar-refractivity contribution is -0.122. The van der Waals surface area contributed by atoms with Gasteiger partial charge in [-0.1, -0.05) is 15.9 Å². The zero-order valence-electron chi connectivity index (χ0n) is 12.0. The highest BCUT2D eigenvalue weighted by molar-refractivity contribution is 9.10. The average molecular weight is 391 g/mol. The van der Waals surface area contributed by atoms with Crippen LogP contribution in [0.15, 0.2) is 50.9 Å². The van der Waals surface area contributed by atoms with Gasteiger partial charge in [0.05, 0.1) is 5.69 Å². The summed E-state index contributed by atoms with van der Waals surface area (Å²) in [7, 11) is 0. The van der Waals surface area contributed by atoms with Gasteiger partial charge in [-0.25, -0.2) is 0 Å². The second-order valence-corrected chi connectivity index (χ2v) is 6.19. The predicted octanol–water partition coefficient (Wildman–Crippen LogP) is 3.18. The summed E-state index contributed by atoms with van der Waals surface area (Å²) < 4.78 is 6.28. The fourth-order valence-corrected chi connectivity index (χ4v) is 2.70. The van der Waals surface area contributed by atoms with Crippen molar-refractivity contribution in [3.8, 4) is 0 Å². The van der Waals surface area contributed by atoms with Gasteiger partial charge in [0.2, 0.25) is 0 Å². The number of halogens is 1. The van der Waals surface area contributed by atoms with Crippen LogP contribution < -0.4 is 10.2 Å². The largest absolute Gasteiger partial charge is 0.462 e. The van der Waals surface area contributed by atoms with E-state index in [0.29, 0.717) is 17.2 Å². The number of aryl methyl sites for hydroxylation is 1. The Balaban J connectivity index is 2.00. The van der Waals surface area contributed by atoms with Gasteiger partial charge in [0.15, 0.2) is 5.11 Å². The number of thiocarbonyl (C=S) groups is 1. The summed E-state index contributed by atoms with van der Waals surface area (Å²) in [6, 6.07) is 10.5. The molecule has 0 bridgehead atoms. The maximum absolute atomic E-state index is 12.7. The van der Waals surface area contributed by atoms with E-state index in [9.17, 15) is 9.59 Å². The Morgan fingerprint density at radius 3 is 2.48 bits per heavy atom. The Morgan fingerprint density at radius 2 is 1.87 bits per heavy atom. The van der Waals surface area contributed by atoms with Crippen molar-refractivity contribution in [2.75, 3.05) is 4.90 Å². The Hall–Kier alpha value is -2.25. The second kappa shape index (κ2) is 6.10. The van der Waals surface area contributed by atoms with Crippen molar-refractivity contribution >= 4 is 56.8 Å². The molecule has 1 aromatic carbocycles. The first-order chi connectivity index (χ1) is 11.0.